The number of amides is 2. The maximum absolute atomic E-state index is 12.8. The molecular weight excluding hydrogens is 302 g/mol. The van der Waals surface area contributed by atoms with E-state index in [1.165, 1.54) is 0 Å². The Bertz CT molecular complexity index is 726. The van der Waals surface area contributed by atoms with Crippen molar-refractivity contribution in [2.24, 2.45) is 5.92 Å². The Morgan fingerprint density at radius 1 is 1.08 bits per heavy atom. The summed E-state index contributed by atoms with van der Waals surface area (Å²) in [5, 5.41) is 0. The van der Waals surface area contributed by atoms with Crippen molar-refractivity contribution in [3.63, 3.8) is 0 Å². The summed E-state index contributed by atoms with van der Waals surface area (Å²) in [7, 11) is 0. The van der Waals surface area contributed by atoms with Gasteiger partial charge in [0.05, 0.1) is 5.92 Å². The molecule has 1 aromatic carbocycles. The summed E-state index contributed by atoms with van der Waals surface area (Å²) >= 11 is 0. The highest BCUT2D eigenvalue weighted by Gasteiger charge is 2.42. The molecule has 5 rings (SSSR count). The zero-order chi connectivity index (χ0) is 16.5. The molecule has 2 aromatic rings. The Kier molecular flexibility index (Phi) is 3.84. The smallest absolute Gasteiger partial charge is 0.270 e. The number of benzene rings is 1. The van der Waals surface area contributed by atoms with Gasteiger partial charge in [0, 0.05) is 31.9 Å². The first-order chi connectivity index (χ1) is 11.7. The van der Waals surface area contributed by atoms with Crippen LogP contribution in [-0.2, 0) is 11.3 Å². The fraction of sp³-hybridized carbons (Fsp3) is 0.368. The first kappa shape index (κ1) is 15.0. The highest BCUT2D eigenvalue weighted by molar-refractivity contribution is 5.93. The molecule has 0 radical (unpaired) electrons. The molecule has 24 heavy (non-hydrogen) atoms. The lowest BCUT2D eigenvalue weighted by Gasteiger charge is -2.36. The highest BCUT2D eigenvalue weighted by Crippen LogP contribution is 2.31. The fourth-order valence-corrected chi connectivity index (χ4v) is 3.83. The first-order valence-corrected chi connectivity index (χ1v) is 8.49. The van der Waals surface area contributed by atoms with Crippen LogP contribution < -0.4 is 0 Å². The normalized spacial score (nSPS) is 23.4. The summed E-state index contributed by atoms with van der Waals surface area (Å²) in [6, 6.07) is 13.8. The molecule has 2 amide bonds. The van der Waals surface area contributed by atoms with E-state index < -0.39 is 0 Å². The van der Waals surface area contributed by atoms with Gasteiger partial charge >= 0.3 is 0 Å². The van der Waals surface area contributed by atoms with Crippen LogP contribution in [0.1, 0.15) is 28.9 Å². The van der Waals surface area contributed by atoms with Crippen LogP contribution in [0.3, 0.4) is 0 Å². The number of aromatic nitrogens is 1. The zero-order valence-electron chi connectivity index (χ0n) is 13.5. The van der Waals surface area contributed by atoms with Crippen molar-refractivity contribution in [1.82, 2.24) is 14.8 Å². The van der Waals surface area contributed by atoms with Gasteiger partial charge in [-0.25, -0.2) is 0 Å². The van der Waals surface area contributed by atoms with Crippen LogP contribution >= 0.6 is 0 Å². The average Bonchev–Trinajstić information content (AvgIpc) is 3.01. The molecule has 3 aliphatic rings. The lowest BCUT2D eigenvalue weighted by atomic mass is 9.93. The largest absolute Gasteiger partial charge is 0.357 e. The molecule has 1 N–H and O–H groups in total. The van der Waals surface area contributed by atoms with Gasteiger partial charge in [-0.15, -0.1) is 0 Å². The van der Waals surface area contributed by atoms with Crippen molar-refractivity contribution in [3.05, 3.63) is 59.9 Å². The number of H-pyrrole nitrogens is 1. The molecule has 0 saturated carbocycles. The minimum Gasteiger partial charge on any atom is -0.357 e. The van der Waals surface area contributed by atoms with Gasteiger partial charge in [-0.1, -0.05) is 30.3 Å². The van der Waals surface area contributed by atoms with Crippen molar-refractivity contribution >= 4 is 11.8 Å². The monoisotopic (exact) mass is 323 g/mol. The molecule has 3 fully saturated rings. The van der Waals surface area contributed by atoms with Crippen molar-refractivity contribution < 1.29 is 9.59 Å². The number of nitrogens with zero attached hydrogens (tertiary/aromatic N) is 2. The minimum absolute atomic E-state index is 0.00809. The Morgan fingerprint density at radius 3 is 2.67 bits per heavy atom. The van der Waals surface area contributed by atoms with Crippen LogP contribution in [0.15, 0.2) is 48.7 Å². The summed E-state index contributed by atoms with van der Waals surface area (Å²) in [4.78, 5) is 32.3. The van der Waals surface area contributed by atoms with Crippen molar-refractivity contribution in [2.45, 2.75) is 25.4 Å². The summed E-state index contributed by atoms with van der Waals surface area (Å²) < 4.78 is 0. The topological polar surface area (TPSA) is 56.4 Å². The summed E-state index contributed by atoms with van der Waals surface area (Å²) in [5.74, 6) is 0.106. The molecule has 5 heteroatoms. The molecule has 4 heterocycles. The second kappa shape index (κ2) is 6.15. The number of hydrogen-bond donors (Lipinski definition) is 1. The molecule has 0 aliphatic carbocycles. The number of rotatable bonds is 3. The van der Waals surface area contributed by atoms with E-state index in [2.05, 4.69) is 4.98 Å². The first-order valence-electron chi connectivity index (χ1n) is 8.49. The van der Waals surface area contributed by atoms with Crippen molar-refractivity contribution in [1.29, 1.82) is 0 Å². The van der Waals surface area contributed by atoms with Crippen molar-refractivity contribution in [3.8, 4) is 0 Å². The van der Waals surface area contributed by atoms with E-state index in [0.29, 0.717) is 25.3 Å². The van der Waals surface area contributed by atoms with Crippen LogP contribution in [0, 0.1) is 5.92 Å². The molecule has 3 aliphatic heterocycles. The van der Waals surface area contributed by atoms with Gasteiger partial charge in [0.25, 0.3) is 5.91 Å². The van der Waals surface area contributed by atoms with Crippen LogP contribution in [0.5, 0.6) is 0 Å². The number of carbonyl (C=O) groups excluding carboxylic acids is 2. The molecule has 3 saturated heterocycles. The van der Waals surface area contributed by atoms with E-state index in [-0.39, 0.29) is 23.8 Å². The van der Waals surface area contributed by atoms with Gasteiger partial charge in [-0.2, -0.15) is 0 Å². The van der Waals surface area contributed by atoms with Crippen LogP contribution in [0.4, 0.5) is 0 Å². The van der Waals surface area contributed by atoms with Gasteiger partial charge < -0.3 is 14.8 Å². The third kappa shape index (κ3) is 2.70. The molecule has 5 nitrogen and oxygen atoms in total. The zero-order valence-corrected chi connectivity index (χ0v) is 13.5. The number of nitrogens with one attached hydrogen (secondary N) is 1. The second-order valence-corrected chi connectivity index (χ2v) is 6.67. The standard InChI is InChI=1S/C19H21N3O2/c23-18-15-8-9-16(22(18)11-14-5-2-1-3-6-14)13-21(12-15)19(24)17-7-4-10-20-17/h1-7,10,15-16,20H,8-9,11-13H2/t15-,16+/m1/s1. The number of piperidine rings is 1. The molecule has 0 spiro atoms. The third-order valence-electron chi connectivity index (χ3n) is 5.10. The van der Waals surface area contributed by atoms with E-state index >= 15 is 0 Å². The molecule has 2 atom stereocenters. The maximum atomic E-state index is 12.8. The van der Waals surface area contributed by atoms with E-state index in [0.717, 1.165) is 18.4 Å². The Hall–Kier alpha value is -2.56. The average molecular weight is 323 g/mol. The third-order valence-corrected chi connectivity index (χ3v) is 5.10. The van der Waals surface area contributed by atoms with Gasteiger partial charge in [-0.05, 0) is 30.5 Å². The molecule has 124 valence electrons. The number of hydrogen-bond acceptors (Lipinski definition) is 2. The van der Waals surface area contributed by atoms with Gasteiger partial charge in [0.1, 0.15) is 5.69 Å². The SMILES string of the molecule is O=C(c1ccc[nH]1)N1C[C@H]2CC[C@@H](C1)N(Cc1ccccc1)C2=O. The second-order valence-electron chi connectivity index (χ2n) is 6.67. The Morgan fingerprint density at radius 2 is 1.92 bits per heavy atom. The maximum Gasteiger partial charge on any atom is 0.270 e. The van der Waals surface area contributed by atoms with E-state index in [4.69, 9.17) is 0 Å². The summed E-state index contributed by atoms with van der Waals surface area (Å²) in [6.45, 7) is 1.77. The van der Waals surface area contributed by atoms with E-state index in [1.54, 1.807) is 12.3 Å². The van der Waals surface area contributed by atoms with E-state index in [1.807, 2.05) is 46.2 Å². The van der Waals surface area contributed by atoms with Gasteiger partial charge in [-0.3, -0.25) is 9.59 Å². The van der Waals surface area contributed by atoms with E-state index in [9.17, 15) is 9.59 Å². The van der Waals surface area contributed by atoms with Gasteiger partial charge in [0.15, 0.2) is 0 Å². The lowest BCUT2D eigenvalue weighted by Crippen LogP contribution is -2.47. The number of carbonyl (C=O) groups is 2. The van der Waals surface area contributed by atoms with Crippen LogP contribution in [-0.4, -0.2) is 45.7 Å². The molecule has 2 bridgehead atoms. The molecule has 0 unspecified atom stereocenters. The van der Waals surface area contributed by atoms with Crippen molar-refractivity contribution in [2.75, 3.05) is 13.1 Å². The predicted octanol–water partition coefficient (Wildman–Crippen LogP) is 2.28. The Balaban J connectivity index is 1.55. The molecule has 1 aromatic heterocycles. The predicted molar refractivity (Wildman–Crippen MR) is 90.2 cm³/mol. The quantitative estimate of drug-likeness (QED) is 0.942. The number of fused-ring (bicyclic) bond motifs is 4. The summed E-state index contributed by atoms with van der Waals surface area (Å²) in [5.41, 5.74) is 1.74. The van der Waals surface area contributed by atoms with Crippen LogP contribution in [0.2, 0.25) is 0 Å². The number of aromatic amines is 1. The molecular formula is C19H21N3O2. The minimum atomic E-state index is -0.0774. The Labute approximate surface area is 141 Å². The van der Waals surface area contributed by atoms with Gasteiger partial charge in [0.2, 0.25) is 5.91 Å². The fourth-order valence-electron chi connectivity index (χ4n) is 3.83. The summed E-state index contributed by atoms with van der Waals surface area (Å²) in [6.07, 6.45) is 3.60. The highest BCUT2D eigenvalue weighted by atomic mass is 16.2. The van der Waals surface area contributed by atoms with Crippen LogP contribution in [0.25, 0.3) is 0 Å². The lowest BCUT2D eigenvalue weighted by molar-refractivity contribution is -0.140.